The predicted octanol–water partition coefficient (Wildman–Crippen LogP) is 3.52. The molecule has 1 N–H and O–H groups in total. The number of rotatable bonds is 3. The second kappa shape index (κ2) is 7.47. The van der Waals surface area contributed by atoms with Crippen molar-refractivity contribution in [3.63, 3.8) is 0 Å². The molecule has 0 aliphatic carbocycles. The number of nitrogens with zero attached hydrogens (tertiary/aromatic N) is 2. The molecule has 26 heavy (non-hydrogen) atoms. The van der Waals surface area contributed by atoms with Crippen molar-refractivity contribution in [2.24, 2.45) is 0 Å². The van der Waals surface area contributed by atoms with Crippen LogP contribution in [0, 0.1) is 0 Å². The van der Waals surface area contributed by atoms with Gasteiger partial charge in [-0.3, -0.25) is 9.69 Å². The summed E-state index contributed by atoms with van der Waals surface area (Å²) >= 11 is 0. The number of ether oxygens (including phenoxy) is 1. The van der Waals surface area contributed by atoms with Gasteiger partial charge in [-0.2, -0.15) is 0 Å². The van der Waals surface area contributed by atoms with E-state index in [-0.39, 0.29) is 12.0 Å². The Bertz CT molecular complexity index is 816. The molecule has 0 fully saturated rings. The maximum Gasteiger partial charge on any atom is 0.414 e. The van der Waals surface area contributed by atoms with Crippen LogP contribution in [0.3, 0.4) is 0 Å². The summed E-state index contributed by atoms with van der Waals surface area (Å²) in [6, 6.07) is 13.0. The summed E-state index contributed by atoms with van der Waals surface area (Å²) in [5, 5.41) is 2.93. The number of carbonyl (C=O) groups excluding carboxylic acids is 2. The molecule has 6 nitrogen and oxygen atoms in total. The van der Waals surface area contributed by atoms with Crippen LogP contribution in [0.15, 0.2) is 42.5 Å². The highest BCUT2D eigenvalue weighted by atomic mass is 16.5. The van der Waals surface area contributed by atoms with Crippen molar-refractivity contribution in [2.45, 2.75) is 12.8 Å². The van der Waals surface area contributed by atoms with E-state index in [1.165, 1.54) is 7.11 Å². The highest BCUT2D eigenvalue weighted by Gasteiger charge is 2.23. The Morgan fingerprint density at radius 1 is 1.12 bits per heavy atom. The first kappa shape index (κ1) is 17.8. The lowest BCUT2D eigenvalue weighted by Crippen LogP contribution is -2.35. The van der Waals surface area contributed by atoms with E-state index in [0.717, 1.165) is 35.5 Å². The van der Waals surface area contributed by atoms with Gasteiger partial charge in [0.2, 0.25) is 0 Å². The van der Waals surface area contributed by atoms with Crippen molar-refractivity contribution in [1.29, 1.82) is 0 Å². The van der Waals surface area contributed by atoms with Crippen molar-refractivity contribution in [1.82, 2.24) is 0 Å². The maximum atomic E-state index is 12.5. The van der Waals surface area contributed by atoms with Crippen molar-refractivity contribution >= 4 is 29.1 Å². The Hall–Kier alpha value is -3.02. The molecule has 2 aromatic carbocycles. The fourth-order valence-corrected chi connectivity index (χ4v) is 3.09. The second-order valence-corrected chi connectivity index (χ2v) is 6.46. The molecule has 3 rings (SSSR count). The Kier molecular flexibility index (Phi) is 5.11. The average Bonchev–Trinajstić information content (AvgIpc) is 2.66. The van der Waals surface area contributed by atoms with Crippen LogP contribution >= 0.6 is 0 Å². The highest BCUT2D eigenvalue weighted by Crippen LogP contribution is 2.30. The highest BCUT2D eigenvalue weighted by molar-refractivity contribution is 6.04. The topological polar surface area (TPSA) is 61.9 Å². The fraction of sp³-hybridized carbons (Fsp3) is 0.300. The summed E-state index contributed by atoms with van der Waals surface area (Å²) in [5.41, 5.74) is 4.23. The Morgan fingerprint density at radius 2 is 1.85 bits per heavy atom. The predicted molar refractivity (Wildman–Crippen MR) is 103 cm³/mol. The molecule has 2 aromatic rings. The van der Waals surface area contributed by atoms with Gasteiger partial charge >= 0.3 is 6.09 Å². The van der Waals surface area contributed by atoms with Crippen molar-refractivity contribution in [2.75, 3.05) is 42.9 Å². The van der Waals surface area contributed by atoms with Gasteiger partial charge in [0.1, 0.15) is 0 Å². The number of fused-ring (bicyclic) bond motifs is 1. The van der Waals surface area contributed by atoms with E-state index >= 15 is 0 Å². The van der Waals surface area contributed by atoms with Gasteiger partial charge in [0, 0.05) is 37.6 Å². The zero-order valence-corrected chi connectivity index (χ0v) is 15.3. The van der Waals surface area contributed by atoms with E-state index in [9.17, 15) is 9.59 Å². The molecular formula is C20H23N3O3. The van der Waals surface area contributed by atoms with Crippen LogP contribution in [0.25, 0.3) is 0 Å². The third kappa shape index (κ3) is 3.64. The monoisotopic (exact) mass is 353 g/mol. The zero-order valence-electron chi connectivity index (χ0n) is 15.3. The number of methoxy groups -OCH3 is 1. The molecule has 0 radical (unpaired) electrons. The minimum Gasteiger partial charge on any atom is -0.452 e. The largest absolute Gasteiger partial charge is 0.452 e. The number of hydrogen-bond acceptors (Lipinski definition) is 4. The van der Waals surface area contributed by atoms with Crippen molar-refractivity contribution < 1.29 is 14.3 Å². The van der Waals surface area contributed by atoms with Crippen molar-refractivity contribution in [3.05, 3.63) is 53.6 Å². The number of nitrogens with one attached hydrogen (secondary N) is 1. The van der Waals surface area contributed by atoms with Gasteiger partial charge in [-0.25, -0.2) is 4.79 Å². The molecule has 0 saturated heterocycles. The van der Waals surface area contributed by atoms with E-state index in [4.69, 9.17) is 4.74 Å². The molecule has 0 bridgehead atoms. The zero-order chi connectivity index (χ0) is 18.7. The SMILES string of the molecule is COC(=O)N1CCCc2cc(NC(=O)c3ccc(N(C)C)cc3)ccc21. The molecule has 0 atom stereocenters. The van der Waals surface area contributed by atoms with Gasteiger partial charge in [0.05, 0.1) is 12.8 Å². The van der Waals surface area contributed by atoms with E-state index in [2.05, 4.69) is 5.32 Å². The molecule has 2 amide bonds. The van der Waals surface area contributed by atoms with E-state index in [1.54, 1.807) is 4.90 Å². The summed E-state index contributed by atoms with van der Waals surface area (Å²) < 4.78 is 4.84. The normalized spacial score (nSPS) is 13.0. The summed E-state index contributed by atoms with van der Waals surface area (Å²) in [6.45, 7) is 0.642. The van der Waals surface area contributed by atoms with Crippen molar-refractivity contribution in [3.8, 4) is 0 Å². The quantitative estimate of drug-likeness (QED) is 0.917. The molecule has 1 heterocycles. The fourth-order valence-electron chi connectivity index (χ4n) is 3.09. The van der Waals surface area contributed by atoms with Gasteiger partial charge in [0.15, 0.2) is 0 Å². The maximum absolute atomic E-state index is 12.5. The van der Waals surface area contributed by atoms with Crippen LogP contribution in [-0.4, -0.2) is 39.8 Å². The summed E-state index contributed by atoms with van der Waals surface area (Å²) in [5.74, 6) is -0.157. The Balaban J connectivity index is 1.76. The second-order valence-electron chi connectivity index (χ2n) is 6.46. The van der Waals surface area contributed by atoms with Gasteiger partial charge in [-0.1, -0.05) is 0 Å². The standard InChI is InChI=1S/C20H23N3O3/c1-22(2)17-9-6-14(7-10-17)19(24)21-16-8-11-18-15(13-16)5-4-12-23(18)20(25)26-3/h6-11,13H,4-5,12H2,1-3H3,(H,21,24). The van der Waals surface area contributed by atoms with Crippen LogP contribution in [0.5, 0.6) is 0 Å². The van der Waals surface area contributed by atoms with Gasteiger partial charge in [-0.05, 0) is 60.9 Å². The van der Waals surface area contributed by atoms with Crippen LogP contribution < -0.4 is 15.1 Å². The first-order valence-electron chi connectivity index (χ1n) is 8.57. The number of carbonyl (C=O) groups is 2. The lowest BCUT2D eigenvalue weighted by atomic mass is 10.0. The van der Waals surface area contributed by atoms with Crippen LogP contribution in [0.4, 0.5) is 21.9 Å². The van der Waals surface area contributed by atoms with Gasteiger partial charge < -0.3 is 15.0 Å². The number of benzene rings is 2. The molecule has 0 unspecified atom stereocenters. The molecule has 136 valence electrons. The lowest BCUT2D eigenvalue weighted by Gasteiger charge is -2.28. The molecule has 1 aliphatic heterocycles. The minimum absolute atomic E-state index is 0.157. The Labute approximate surface area is 153 Å². The Morgan fingerprint density at radius 3 is 2.50 bits per heavy atom. The first-order valence-corrected chi connectivity index (χ1v) is 8.57. The smallest absolute Gasteiger partial charge is 0.414 e. The minimum atomic E-state index is -0.358. The molecule has 0 aromatic heterocycles. The number of amides is 2. The summed E-state index contributed by atoms with van der Waals surface area (Å²) in [6.07, 6.45) is 1.37. The molecule has 0 spiro atoms. The lowest BCUT2D eigenvalue weighted by molar-refractivity contribution is 0.102. The molecule has 1 aliphatic rings. The van der Waals surface area contributed by atoms with Gasteiger partial charge in [-0.15, -0.1) is 0 Å². The summed E-state index contributed by atoms with van der Waals surface area (Å²) in [4.78, 5) is 28.0. The van der Waals surface area contributed by atoms with Crippen LogP contribution in [-0.2, 0) is 11.2 Å². The summed E-state index contributed by atoms with van der Waals surface area (Å²) in [7, 11) is 5.30. The van der Waals surface area contributed by atoms with E-state index in [0.29, 0.717) is 12.1 Å². The number of anilines is 3. The number of aryl methyl sites for hydroxylation is 1. The van der Waals surface area contributed by atoms with E-state index < -0.39 is 0 Å². The van der Waals surface area contributed by atoms with E-state index in [1.807, 2.05) is 61.5 Å². The van der Waals surface area contributed by atoms with Crippen LogP contribution in [0.2, 0.25) is 0 Å². The number of hydrogen-bond donors (Lipinski definition) is 1. The third-order valence-corrected chi connectivity index (χ3v) is 4.50. The molecule has 0 saturated carbocycles. The first-order chi connectivity index (χ1) is 12.5. The molecular weight excluding hydrogens is 330 g/mol. The average molecular weight is 353 g/mol. The van der Waals surface area contributed by atoms with Gasteiger partial charge in [0.25, 0.3) is 5.91 Å². The molecule has 6 heteroatoms. The van der Waals surface area contributed by atoms with Crippen LogP contribution in [0.1, 0.15) is 22.3 Å². The third-order valence-electron chi connectivity index (χ3n) is 4.50.